The lowest BCUT2D eigenvalue weighted by Gasteiger charge is -2.13. The Morgan fingerprint density at radius 2 is 1.74 bits per heavy atom. The molecule has 0 fully saturated rings. The van der Waals surface area contributed by atoms with Gasteiger partial charge in [0.15, 0.2) is 0 Å². The number of benzene rings is 1. The summed E-state index contributed by atoms with van der Waals surface area (Å²) in [6.45, 7) is 1.98. The molecule has 5 nitrogen and oxygen atoms in total. The number of nitrogens with two attached hydrogens (primary N) is 1. The zero-order chi connectivity index (χ0) is 13.8. The highest BCUT2D eigenvalue weighted by molar-refractivity contribution is 5.75. The highest BCUT2D eigenvalue weighted by Gasteiger charge is 2.15. The Bertz CT molecular complexity index is 563. The maximum atomic E-state index is 5.82. The van der Waals surface area contributed by atoms with Gasteiger partial charge in [-0.2, -0.15) is 0 Å². The lowest BCUT2D eigenvalue weighted by atomic mass is 10.1. The molecule has 0 aliphatic rings. The SMILES string of the molecule is CCc1nc(N)cc(-c2c(OC)cccc2OC)n1. The molecule has 100 valence electrons. The van der Waals surface area contributed by atoms with Gasteiger partial charge in [-0.3, -0.25) is 0 Å². The number of aryl methyl sites for hydroxylation is 1. The standard InChI is InChI=1S/C14H17N3O2/c1-4-13-16-9(8-12(15)17-13)14-10(18-2)6-5-7-11(14)19-3/h5-8H,4H2,1-3H3,(H2,15,16,17). The van der Waals surface area contributed by atoms with Crippen LogP contribution in [0.15, 0.2) is 24.3 Å². The molecule has 0 bridgehead atoms. The Kier molecular flexibility index (Phi) is 3.85. The minimum Gasteiger partial charge on any atom is -0.496 e. The van der Waals surface area contributed by atoms with E-state index in [1.807, 2.05) is 25.1 Å². The van der Waals surface area contributed by atoms with Gasteiger partial charge >= 0.3 is 0 Å². The van der Waals surface area contributed by atoms with E-state index in [9.17, 15) is 0 Å². The molecule has 19 heavy (non-hydrogen) atoms. The summed E-state index contributed by atoms with van der Waals surface area (Å²) in [5.74, 6) is 2.52. The molecule has 1 aromatic carbocycles. The molecule has 1 heterocycles. The lowest BCUT2D eigenvalue weighted by Crippen LogP contribution is -2.02. The molecule has 2 N–H and O–H groups in total. The van der Waals surface area contributed by atoms with E-state index in [0.29, 0.717) is 28.8 Å². The van der Waals surface area contributed by atoms with Crippen LogP contribution in [-0.2, 0) is 6.42 Å². The van der Waals surface area contributed by atoms with Gasteiger partial charge < -0.3 is 15.2 Å². The predicted octanol–water partition coefficient (Wildman–Crippen LogP) is 2.31. The quantitative estimate of drug-likeness (QED) is 0.912. The van der Waals surface area contributed by atoms with Gasteiger partial charge in [-0.1, -0.05) is 13.0 Å². The summed E-state index contributed by atoms with van der Waals surface area (Å²) in [5.41, 5.74) is 7.32. The Morgan fingerprint density at radius 3 is 2.26 bits per heavy atom. The highest BCUT2D eigenvalue weighted by atomic mass is 16.5. The van der Waals surface area contributed by atoms with Crippen molar-refractivity contribution in [2.24, 2.45) is 0 Å². The normalized spacial score (nSPS) is 10.3. The summed E-state index contributed by atoms with van der Waals surface area (Å²) in [7, 11) is 3.23. The smallest absolute Gasteiger partial charge is 0.132 e. The number of hydrogen-bond donors (Lipinski definition) is 1. The summed E-state index contributed by atoms with van der Waals surface area (Å²) in [6, 6.07) is 7.32. The van der Waals surface area contributed by atoms with Crippen LogP contribution in [0.1, 0.15) is 12.7 Å². The summed E-state index contributed by atoms with van der Waals surface area (Å²) in [5, 5.41) is 0. The first kappa shape index (κ1) is 13.1. The number of nitrogens with zero attached hydrogens (tertiary/aromatic N) is 2. The van der Waals surface area contributed by atoms with Crippen LogP contribution >= 0.6 is 0 Å². The fraction of sp³-hybridized carbons (Fsp3) is 0.286. The van der Waals surface area contributed by atoms with Gasteiger partial charge in [0.25, 0.3) is 0 Å². The van der Waals surface area contributed by atoms with E-state index >= 15 is 0 Å². The number of ether oxygens (including phenoxy) is 2. The molecule has 0 saturated carbocycles. The minimum atomic E-state index is 0.440. The maximum Gasteiger partial charge on any atom is 0.132 e. The van der Waals surface area contributed by atoms with Crippen LogP contribution in [0, 0.1) is 0 Å². The predicted molar refractivity (Wildman–Crippen MR) is 74.4 cm³/mol. The molecule has 0 radical (unpaired) electrons. The van der Waals surface area contributed by atoms with Gasteiger partial charge in [0.1, 0.15) is 23.1 Å². The molecule has 0 aliphatic carbocycles. The fourth-order valence-electron chi connectivity index (χ4n) is 1.91. The number of nitrogen functional groups attached to an aromatic ring is 1. The molecule has 0 amide bonds. The maximum absolute atomic E-state index is 5.82. The second-order valence-electron chi connectivity index (χ2n) is 3.99. The van der Waals surface area contributed by atoms with Crippen LogP contribution in [0.3, 0.4) is 0 Å². The average Bonchev–Trinajstić information content (AvgIpc) is 2.45. The van der Waals surface area contributed by atoms with Crippen LogP contribution in [0.5, 0.6) is 11.5 Å². The first-order valence-corrected chi connectivity index (χ1v) is 6.04. The number of aromatic nitrogens is 2. The first-order valence-electron chi connectivity index (χ1n) is 6.04. The van der Waals surface area contributed by atoms with Crippen molar-refractivity contribution in [2.45, 2.75) is 13.3 Å². The van der Waals surface area contributed by atoms with E-state index in [1.165, 1.54) is 0 Å². The Balaban J connectivity index is 2.66. The first-order chi connectivity index (χ1) is 9.19. The minimum absolute atomic E-state index is 0.440. The van der Waals surface area contributed by atoms with E-state index in [4.69, 9.17) is 15.2 Å². The summed E-state index contributed by atoms with van der Waals surface area (Å²) < 4.78 is 10.7. The third-order valence-corrected chi connectivity index (χ3v) is 2.79. The number of rotatable bonds is 4. The van der Waals surface area contributed by atoms with Crippen molar-refractivity contribution in [3.63, 3.8) is 0 Å². The number of anilines is 1. The van der Waals surface area contributed by atoms with Crippen molar-refractivity contribution in [1.82, 2.24) is 9.97 Å². The van der Waals surface area contributed by atoms with Crippen LogP contribution in [0.2, 0.25) is 0 Å². The Hall–Kier alpha value is -2.30. The van der Waals surface area contributed by atoms with E-state index < -0.39 is 0 Å². The monoisotopic (exact) mass is 259 g/mol. The van der Waals surface area contributed by atoms with Crippen molar-refractivity contribution < 1.29 is 9.47 Å². The van der Waals surface area contributed by atoms with Gasteiger partial charge in [-0.05, 0) is 12.1 Å². The Labute approximate surface area is 112 Å². The van der Waals surface area contributed by atoms with E-state index in [0.717, 1.165) is 12.0 Å². The number of hydrogen-bond acceptors (Lipinski definition) is 5. The van der Waals surface area contributed by atoms with Gasteiger partial charge in [-0.15, -0.1) is 0 Å². The van der Waals surface area contributed by atoms with E-state index in [1.54, 1.807) is 20.3 Å². The van der Waals surface area contributed by atoms with E-state index in [2.05, 4.69) is 9.97 Å². The number of methoxy groups -OCH3 is 2. The van der Waals surface area contributed by atoms with Gasteiger partial charge in [-0.25, -0.2) is 9.97 Å². The van der Waals surface area contributed by atoms with Gasteiger partial charge in [0.05, 0.1) is 25.5 Å². The van der Waals surface area contributed by atoms with Crippen molar-refractivity contribution in [3.8, 4) is 22.8 Å². The molecular formula is C14H17N3O2. The topological polar surface area (TPSA) is 70.3 Å². The highest BCUT2D eigenvalue weighted by Crippen LogP contribution is 2.37. The van der Waals surface area contributed by atoms with Crippen molar-refractivity contribution >= 4 is 5.82 Å². The van der Waals surface area contributed by atoms with Crippen molar-refractivity contribution in [3.05, 3.63) is 30.1 Å². The van der Waals surface area contributed by atoms with Crippen LogP contribution in [-0.4, -0.2) is 24.2 Å². The summed E-state index contributed by atoms with van der Waals surface area (Å²) in [4.78, 5) is 8.66. The van der Waals surface area contributed by atoms with E-state index in [-0.39, 0.29) is 0 Å². The third kappa shape index (κ3) is 2.59. The average molecular weight is 259 g/mol. The van der Waals surface area contributed by atoms with Gasteiger partial charge in [0.2, 0.25) is 0 Å². The largest absolute Gasteiger partial charge is 0.496 e. The second-order valence-corrected chi connectivity index (χ2v) is 3.99. The van der Waals surface area contributed by atoms with Crippen molar-refractivity contribution in [2.75, 3.05) is 20.0 Å². The van der Waals surface area contributed by atoms with Crippen LogP contribution < -0.4 is 15.2 Å². The van der Waals surface area contributed by atoms with Gasteiger partial charge in [0, 0.05) is 12.5 Å². The fourth-order valence-corrected chi connectivity index (χ4v) is 1.91. The molecule has 0 saturated heterocycles. The van der Waals surface area contributed by atoms with Crippen LogP contribution in [0.4, 0.5) is 5.82 Å². The van der Waals surface area contributed by atoms with Crippen molar-refractivity contribution in [1.29, 1.82) is 0 Å². The lowest BCUT2D eigenvalue weighted by molar-refractivity contribution is 0.397. The second kappa shape index (κ2) is 5.56. The van der Waals surface area contributed by atoms with Crippen LogP contribution in [0.25, 0.3) is 11.3 Å². The molecule has 0 unspecified atom stereocenters. The molecule has 1 aromatic heterocycles. The molecular weight excluding hydrogens is 242 g/mol. The molecule has 0 atom stereocenters. The zero-order valence-electron chi connectivity index (χ0n) is 11.3. The molecule has 2 aromatic rings. The molecule has 0 aliphatic heterocycles. The molecule has 2 rings (SSSR count). The zero-order valence-corrected chi connectivity index (χ0v) is 11.3. The Morgan fingerprint density at radius 1 is 1.11 bits per heavy atom. The third-order valence-electron chi connectivity index (χ3n) is 2.79. The molecule has 0 spiro atoms. The summed E-state index contributed by atoms with van der Waals surface area (Å²) in [6.07, 6.45) is 0.718. The summed E-state index contributed by atoms with van der Waals surface area (Å²) >= 11 is 0. The molecule has 5 heteroatoms.